The zero-order valence-corrected chi connectivity index (χ0v) is 15.1. The Hall–Kier alpha value is -3.72. The van der Waals surface area contributed by atoms with Crippen molar-refractivity contribution in [1.82, 2.24) is 0 Å². The van der Waals surface area contributed by atoms with Crippen LogP contribution in [0.3, 0.4) is 0 Å². The number of nitro benzene ring substituents is 1. The second-order valence-electron chi connectivity index (χ2n) is 5.60. The summed E-state index contributed by atoms with van der Waals surface area (Å²) in [6.45, 7) is 0. The molecular weight excluding hydrogens is 384 g/mol. The predicted octanol–water partition coefficient (Wildman–Crippen LogP) is 3.61. The summed E-state index contributed by atoms with van der Waals surface area (Å²) in [6.07, 6.45) is 0. The molecule has 8 nitrogen and oxygen atoms in total. The molecule has 1 N–H and O–H groups in total. The van der Waals surface area contributed by atoms with Crippen LogP contribution in [-0.4, -0.2) is 19.2 Å². The molecule has 3 aromatic carbocycles. The van der Waals surface area contributed by atoms with Crippen molar-refractivity contribution in [2.45, 2.75) is 4.90 Å². The molecule has 0 spiro atoms. The predicted molar refractivity (Wildman–Crippen MR) is 102 cm³/mol. The van der Waals surface area contributed by atoms with Crippen molar-refractivity contribution < 1.29 is 22.3 Å². The van der Waals surface area contributed by atoms with E-state index in [2.05, 4.69) is 5.32 Å². The van der Waals surface area contributed by atoms with Gasteiger partial charge in [-0.3, -0.25) is 14.9 Å². The maximum atomic E-state index is 12.5. The average Bonchev–Trinajstić information content (AvgIpc) is 2.70. The largest absolute Gasteiger partial charge is 0.377 e. The van der Waals surface area contributed by atoms with Gasteiger partial charge >= 0.3 is 10.1 Å². The van der Waals surface area contributed by atoms with E-state index in [1.807, 2.05) is 0 Å². The van der Waals surface area contributed by atoms with Gasteiger partial charge in [0.15, 0.2) is 5.75 Å². The van der Waals surface area contributed by atoms with Crippen LogP contribution in [0.4, 0.5) is 11.4 Å². The van der Waals surface area contributed by atoms with Crippen molar-refractivity contribution >= 4 is 27.4 Å². The number of non-ortho nitro benzene ring substituents is 1. The van der Waals surface area contributed by atoms with Crippen LogP contribution in [0.2, 0.25) is 0 Å². The zero-order valence-electron chi connectivity index (χ0n) is 14.3. The van der Waals surface area contributed by atoms with E-state index >= 15 is 0 Å². The average molecular weight is 398 g/mol. The number of nitro groups is 1. The number of carbonyl (C=O) groups excluding carboxylic acids is 1. The molecule has 0 fully saturated rings. The van der Waals surface area contributed by atoms with Gasteiger partial charge in [0, 0.05) is 17.7 Å². The first-order valence-electron chi connectivity index (χ1n) is 8.01. The highest BCUT2D eigenvalue weighted by molar-refractivity contribution is 7.87. The standard InChI is InChI=1S/C19H14N2O6S/c22-19(14-6-2-1-3-7-14)20-17-8-4-5-9-18(17)27-28(25,26)16-12-10-15(11-13-16)21(23)24/h1-13H,(H,20,22). The Bertz CT molecular complexity index is 1110. The second-order valence-corrected chi connectivity index (χ2v) is 7.15. The topological polar surface area (TPSA) is 116 Å². The van der Waals surface area contributed by atoms with Gasteiger partial charge in [-0.15, -0.1) is 0 Å². The third kappa shape index (κ3) is 4.33. The lowest BCUT2D eigenvalue weighted by Gasteiger charge is -2.12. The van der Waals surface area contributed by atoms with Crippen LogP contribution in [-0.2, 0) is 10.1 Å². The Balaban J connectivity index is 1.84. The van der Waals surface area contributed by atoms with Crippen molar-refractivity contribution in [1.29, 1.82) is 0 Å². The maximum Gasteiger partial charge on any atom is 0.339 e. The lowest BCUT2D eigenvalue weighted by molar-refractivity contribution is -0.384. The summed E-state index contributed by atoms with van der Waals surface area (Å²) in [5.41, 5.74) is 0.326. The number of para-hydroxylation sites is 2. The first kappa shape index (κ1) is 19.1. The Morgan fingerprint density at radius 2 is 1.50 bits per heavy atom. The third-order valence-corrected chi connectivity index (χ3v) is 4.96. The molecule has 3 rings (SSSR count). The Labute approximate surface area is 160 Å². The van der Waals surface area contributed by atoms with Gasteiger partial charge in [-0.2, -0.15) is 8.42 Å². The fourth-order valence-corrected chi connectivity index (χ4v) is 3.27. The van der Waals surface area contributed by atoms with E-state index in [0.717, 1.165) is 24.3 Å². The van der Waals surface area contributed by atoms with Crippen LogP contribution >= 0.6 is 0 Å². The molecule has 0 bridgehead atoms. The maximum absolute atomic E-state index is 12.5. The summed E-state index contributed by atoms with van der Waals surface area (Å²) in [4.78, 5) is 22.1. The molecule has 0 aliphatic heterocycles. The van der Waals surface area contributed by atoms with E-state index in [4.69, 9.17) is 4.18 Å². The first-order chi connectivity index (χ1) is 13.4. The molecular formula is C19H14N2O6S. The molecule has 0 saturated heterocycles. The molecule has 0 atom stereocenters. The Morgan fingerprint density at radius 3 is 2.14 bits per heavy atom. The minimum atomic E-state index is -4.25. The summed E-state index contributed by atoms with van der Waals surface area (Å²) in [5.74, 6) is -0.505. The smallest absolute Gasteiger partial charge is 0.339 e. The number of anilines is 1. The molecule has 1 amide bonds. The van der Waals surface area contributed by atoms with Crippen molar-refractivity contribution in [3.63, 3.8) is 0 Å². The molecule has 3 aromatic rings. The van der Waals surface area contributed by atoms with E-state index in [9.17, 15) is 23.3 Å². The summed E-state index contributed by atoms with van der Waals surface area (Å²) in [7, 11) is -4.25. The fourth-order valence-electron chi connectivity index (χ4n) is 2.33. The molecule has 142 valence electrons. The highest BCUT2D eigenvalue weighted by Gasteiger charge is 2.20. The quantitative estimate of drug-likeness (QED) is 0.385. The van der Waals surface area contributed by atoms with Gasteiger partial charge in [-0.05, 0) is 36.4 Å². The van der Waals surface area contributed by atoms with E-state index in [1.165, 1.54) is 12.1 Å². The van der Waals surface area contributed by atoms with Crippen molar-refractivity contribution in [3.05, 3.63) is 94.5 Å². The van der Waals surface area contributed by atoms with Crippen molar-refractivity contribution in [2.75, 3.05) is 5.32 Å². The summed E-state index contributed by atoms with van der Waals surface area (Å²) < 4.78 is 30.1. The van der Waals surface area contributed by atoms with Crippen LogP contribution < -0.4 is 9.50 Å². The Kier molecular flexibility index (Phi) is 5.37. The molecule has 0 aromatic heterocycles. The van der Waals surface area contributed by atoms with Gasteiger partial charge in [0.25, 0.3) is 11.6 Å². The van der Waals surface area contributed by atoms with Crippen LogP contribution in [0.15, 0.2) is 83.8 Å². The van der Waals surface area contributed by atoms with E-state index < -0.39 is 20.9 Å². The lowest BCUT2D eigenvalue weighted by atomic mass is 10.2. The minimum absolute atomic E-state index is 0.0786. The summed E-state index contributed by atoms with van der Waals surface area (Å²) in [5, 5.41) is 13.3. The fraction of sp³-hybridized carbons (Fsp3) is 0. The number of carbonyl (C=O) groups is 1. The van der Waals surface area contributed by atoms with E-state index in [-0.39, 0.29) is 22.0 Å². The number of nitrogens with one attached hydrogen (secondary N) is 1. The van der Waals surface area contributed by atoms with Crippen LogP contribution in [0.1, 0.15) is 10.4 Å². The number of benzene rings is 3. The number of hydrogen-bond acceptors (Lipinski definition) is 6. The number of hydrogen-bond donors (Lipinski definition) is 1. The first-order valence-corrected chi connectivity index (χ1v) is 9.42. The van der Waals surface area contributed by atoms with Crippen molar-refractivity contribution in [2.24, 2.45) is 0 Å². The normalized spacial score (nSPS) is 10.9. The molecule has 0 heterocycles. The van der Waals surface area contributed by atoms with Gasteiger partial charge in [0.1, 0.15) is 4.90 Å². The van der Waals surface area contributed by atoms with Gasteiger partial charge in [0.05, 0.1) is 10.6 Å². The number of rotatable bonds is 6. The monoisotopic (exact) mass is 398 g/mol. The van der Waals surface area contributed by atoms with Crippen molar-refractivity contribution in [3.8, 4) is 5.75 Å². The van der Waals surface area contributed by atoms with Crippen LogP contribution in [0.5, 0.6) is 5.75 Å². The SMILES string of the molecule is O=C(Nc1ccccc1OS(=O)(=O)c1ccc([N+](=O)[O-])cc1)c1ccccc1. The van der Waals surface area contributed by atoms with Gasteiger partial charge in [-0.25, -0.2) is 0 Å². The minimum Gasteiger partial charge on any atom is -0.377 e. The van der Waals surface area contributed by atoms with Gasteiger partial charge < -0.3 is 9.50 Å². The van der Waals surface area contributed by atoms with Gasteiger partial charge in [0.2, 0.25) is 0 Å². The number of amides is 1. The number of nitrogens with zero attached hydrogens (tertiary/aromatic N) is 1. The molecule has 0 aliphatic rings. The molecule has 0 radical (unpaired) electrons. The van der Waals surface area contributed by atoms with Crippen LogP contribution in [0.25, 0.3) is 0 Å². The van der Waals surface area contributed by atoms with E-state index in [1.54, 1.807) is 42.5 Å². The molecule has 0 saturated carbocycles. The second kappa shape index (κ2) is 7.89. The molecule has 0 aliphatic carbocycles. The lowest BCUT2D eigenvalue weighted by Crippen LogP contribution is -2.15. The molecule has 0 unspecified atom stereocenters. The summed E-state index contributed by atoms with van der Waals surface area (Å²) in [6, 6.07) is 18.8. The molecule has 28 heavy (non-hydrogen) atoms. The van der Waals surface area contributed by atoms with E-state index in [0.29, 0.717) is 5.56 Å². The Morgan fingerprint density at radius 1 is 0.893 bits per heavy atom. The third-order valence-electron chi connectivity index (χ3n) is 3.71. The molecule has 9 heteroatoms. The highest BCUT2D eigenvalue weighted by atomic mass is 32.2. The van der Waals surface area contributed by atoms with Gasteiger partial charge in [-0.1, -0.05) is 30.3 Å². The summed E-state index contributed by atoms with van der Waals surface area (Å²) >= 11 is 0. The zero-order chi connectivity index (χ0) is 20.1. The van der Waals surface area contributed by atoms with Crippen LogP contribution in [0, 0.1) is 10.1 Å². The highest BCUT2D eigenvalue weighted by Crippen LogP contribution is 2.28.